The van der Waals surface area contributed by atoms with Crippen molar-refractivity contribution in [1.82, 2.24) is 4.83 Å². The van der Waals surface area contributed by atoms with Gasteiger partial charge in [-0.1, -0.05) is 46.4 Å². The second-order valence-corrected chi connectivity index (χ2v) is 7.74. The van der Waals surface area contributed by atoms with E-state index in [1.165, 1.54) is 43.7 Å². The molecule has 0 saturated heterocycles. The number of sulfonamides is 1. The maximum absolute atomic E-state index is 12.1. The quantitative estimate of drug-likeness (QED) is 0.559. The number of hydrogen-bond donors (Lipinski definition) is 1. The first-order valence-electron chi connectivity index (χ1n) is 6.27. The number of nitrogens with one attached hydrogen (secondary N) is 1. The molecule has 2 aromatic rings. The number of hydrazone groups is 1. The van der Waals surface area contributed by atoms with E-state index in [0.717, 1.165) is 0 Å². The Morgan fingerprint density at radius 1 is 1.00 bits per heavy atom. The zero-order valence-corrected chi connectivity index (χ0v) is 15.9. The molecule has 2 aromatic carbocycles. The molecule has 10 heteroatoms. The Morgan fingerprint density at radius 2 is 1.62 bits per heavy atom. The van der Waals surface area contributed by atoms with Gasteiger partial charge in [0.15, 0.2) is 5.75 Å². The van der Waals surface area contributed by atoms with E-state index >= 15 is 0 Å². The number of nitrogens with zero attached hydrogens (tertiary/aromatic N) is 1. The van der Waals surface area contributed by atoms with E-state index in [1.807, 2.05) is 0 Å². The largest absolute Gasteiger partial charge is 0.494 e. The average molecular weight is 428 g/mol. The molecule has 0 atom stereocenters. The average Bonchev–Trinajstić information content (AvgIpc) is 2.49. The van der Waals surface area contributed by atoms with E-state index in [-0.39, 0.29) is 25.0 Å². The summed E-state index contributed by atoms with van der Waals surface area (Å²) < 4.78 is 29.3. The first-order valence-corrected chi connectivity index (χ1v) is 9.27. The Bertz CT molecular complexity index is 878. The first-order chi connectivity index (χ1) is 11.2. The predicted octanol–water partition coefficient (Wildman–Crippen LogP) is 4.62. The van der Waals surface area contributed by atoms with E-state index in [2.05, 4.69) is 9.93 Å². The van der Waals surface area contributed by atoms with Crippen LogP contribution in [0.2, 0.25) is 20.1 Å². The molecule has 1 N–H and O–H groups in total. The molecule has 0 unspecified atom stereocenters. The molecule has 128 valence electrons. The number of methoxy groups -OCH3 is 1. The molecule has 2 rings (SSSR count). The molecule has 0 aliphatic heterocycles. The van der Waals surface area contributed by atoms with Crippen LogP contribution in [0.3, 0.4) is 0 Å². The Labute approximate surface area is 159 Å². The number of benzene rings is 2. The van der Waals surface area contributed by atoms with Gasteiger partial charge in [0, 0.05) is 0 Å². The standard InChI is InChI=1S/C14H10Cl4N2O3S/c1-23-14-12(17)4-8(5-13(14)18)7-19-20-24(21,22)9-2-3-10(15)11(16)6-9/h2-7,20H,1H3/b19-7+. The summed E-state index contributed by atoms with van der Waals surface area (Å²) in [5, 5.41) is 4.61. The molecule has 0 fully saturated rings. The summed E-state index contributed by atoms with van der Waals surface area (Å²) in [4.78, 5) is 1.99. The molecule has 0 bridgehead atoms. The Balaban J connectivity index is 2.20. The molecule has 0 aliphatic rings. The second-order valence-electron chi connectivity index (χ2n) is 4.45. The summed E-state index contributed by atoms with van der Waals surface area (Å²) >= 11 is 23.6. The van der Waals surface area contributed by atoms with Gasteiger partial charge in [0.05, 0.1) is 38.3 Å². The van der Waals surface area contributed by atoms with Crippen LogP contribution in [0.15, 0.2) is 40.3 Å². The van der Waals surface area contributed by atoms with Gasteiger partial charge in [-0.2, -0.15) is 13.5 Å². The second kappa shape index (κ2) is 7.80. The van der Waals surface area contributed by atoms with E-state index in [1.54, 1.807) is 0 Å². The molecule has 0 amide bonds. The molecule has 5 nitrogen and oxygen atoms in total. The van der Waals surface area contributed by atoms with Crippen molar-refractivity contribution >= 4 is 62.6 Å². The van der Waals surface area contributed by atoms with Gasteiger partial charge in [-0.15, -0.1) is 0 Å². The minimum atomic E-state index is -3.88. The van der Waals surface area contributed by atoms with E-state index in [9.17, 15) is 8.42 Å². The molecule has 0 radical (unpaired) electrons. The van der Waals surface area contributed by atoms with Crippen LogP contribution in [0, 0.1) is 0 Å². The highest BCUT2D eigenvalue weighted by molar-refractivity contribution is 7.89. The Kier molecular flexibility index (Phi) is 6.22. The van der Waals surface area contributed by atoms with Crippen LogP contribution in [-0.2, 0) is 10.0 Å². The van der Waals surface area contributed by atoms with Gasteiger partial charge in [-0.05, 0) is 35.9 Å². The topological polar surface area (TPSA) is 67.8 Å². The van der Waals surface area contributed by atoms with Gasteiger partial charge in [-0.25, -0.2) is 4.83 Å². The molecule has 0 heterocycles. The molecular formula is C14H10Cl4N2O3S. The highest BCUT2D eigenvalue weighted by Gasteiger charge is 2.14. The van der Waals surface area contributed by atoms with Gasteiger partial charge in [0.25, 0.3) is 10.0 Å². The van der Waals surface area contributed by atoms with E-state index in [4.69, 9.17) is 51.1 Å². The predicted molar refractivity (Wildman–Crippen MR) is 97.4 cm³/mol. The fraction of sp³-hybridized carbons (Fsp3) is 0.0714. The van der Waals surface area contributed by atoms with Gasteiger partial charge in [0.1, 0.15) is 0 Å². The zero-order valence-electron chi connectivity index (χ0n) is 12.1. The van der Waals surface area contributed by atoms with Crippen molar-refractivity contribution in [2.75, 3.05) is 7.11 Å². The van der Waals surface area contributed by atoms with Crippen LogP contribution in [-0.4, -0.2) is 21.7 Å². The third kappa shape index (κ3) is 4.46. The lowest BCUT2D eigenvalue weighted by molar-refractivity contribution is 0.415. The minimum absolute atomic E-state index is 0.0696. The van der Waals surface area contributed by atoms with Crippen LogP contribution in [0.25, 0.3) is 0 Å². The van der Waals surface area contributed by atoms with Crippen molar-refractivity contribution in [2.24, 2.45) is 5.10 Å². The number of halogens is 4. The van der Waals surface area contributed by atoms with Crippen LogP contribution in [0.1, 0.15) is 5.56 Å². The molecule has 0 spiro atoms. The van der Waals surface area contributed by atoms with Crippen molar-refractivity contribution in [3.05, 3.63) is 56.0 Å². The van der Waals surface area contributed by atoms with Crippen molar-refractivity contribution in [3.63, 3.8) is 0 Å². The van der Waals surface area contributed by atoms with Crippen LogP contribution in [0.4, 0.5) is 0 Å². The van der Waals surface area contributed by atoms with Gasteiger partial charge >= 0.3 is 0 Å². The number of rotatable bonds is 5. The maximum Gasteiger partial charge on any atom is 0.276 e. The summed E-state index contributed by atoms with van der Waals surface area (Å²) in [6, 6.07) is 6.98. The monoisotopic (exact) mass is 426 g/mol. The van der Waals surface area contributed by atoms with Gasteiger partial charge < -0.3 is 4.74 Å². The van der Waals surface area contributed by atoms with E-state index < -0.39 is 10.0 Å². The SMILES string of the molecule is COc1c(Cl)cc(/C=N/NS(=O)(=O)c2ccc(Cl)c(Cl)c2)cc1Cl. The zero-order chi connectivity index (χ0) is 17.9. The van der Waals surface area contributed by atoms with Crippen molar-refractivity contribution < 1.29 is 13.2 Å². The van der Waals surface area contributed by atoms with Crippen LogP contribution in [0.5, 0.6) is 5.75 Å². The third-order valence-electron chi connectivity index (χ3n) is 2.81. The van der Waals surface area contributed by atoms with Crippen molar-refractivity contribution in [3.8, 4) is 5.75 Å². The maximum atomic E-state index is 12.1. The van der Waals surface area contributed by atoms with Gasteiger partial charge in [-0.3, -0.25) is 0 Å². The summed E-state index contributed by atoms with van der Waals surface area (Å²) in [5.41, 5.74) is 0.489. The minimum Gasteiger partial charge on any atom is -0.494 e. The van der Waals surface area contributed by atoms with Crippen molar-refractivity contribution in [1.29, 1.82) is 0 Å². The molecule has 0 aromatic heterocycles. The first kappa shape index (κ1) is 19.1. The summed E-state index contributed by atoms with van der Waals surface area (Å²) in [7, 11) is -2.45. The number of ether oxygens (including phenoxy) is 1. The van der Waals surface area contributed by atoms with Gasteiger partial charge in [0.2, 0.25) is 0 Å². The lowest BCUT2D eigenvalue weighted by Crippen LogP contribution is -2.18. The number of hydrogen-bond acceptors (Lipinski definition) is 4. The third-order valence-corrected chi connectivity index (χ3v) is 5.33. The Hall–Kier alpha value is -1.18. The van der Waals surface area contributed by atoms with Crippen molar-refractivity contribution in [2.45, 2.75) is 4.90 Å². The lowest BCUT2D eigenvalue weighted by Gasteiger charge is -2.07. The highest BCUT2D eigenvalue weighted by atomic mass is 35.5. The molecule has 24 heavy (non-hydrogen) atoms. The van der Waals surface area contributed by atoms with Crippen LogP contribution >= 0.6 is 46.4 Å². The fourth-order valence-electron chi connectivity index (χ4n) is 1.72. The molecule has 0 saturated carbocycles. The fourth-order valence-corrected chi connectivity index (χ4v) is 3.55. The summed E-state index contributed by atoms with van der Waals surface area (Å²) in [6.45, 7) is 0. The molecule has 0 aliphatic carbocycles. The normalized spacial score (nSPS) is 11.7. The summed E-state index contributed by atoms with van der Waals surface area (Å²) in [6.07, 6.45) is 1.26. The van der Waals surface area contributed by atoms with Crippen LogP contribution < -0.4 is 9.57 Å². The summed E-state index contributed by atoms with van der Waals surface area (Å²) in [5.74, 6) is 0.326. The highest BCUT2D eigenvalue weighted by Crippen LogP contribution is 2.33. The molecular weight excluding hydrogens is 418 g/mol. The smallest absolute Gasteiger partial charge is 0.276 e. The Morgan fingerprint density at radius 3 is 2.17 bits per heavy atom. The van der Waals surface area contributed by atoms with E-state index in [0.29, 0.717) is 11.3 Å². The lowest BCUT2D eigenvalue weighted by atomic mass is 10.2.